The minimum Gasteiger partial charge on any atom is -0.508 e. The maximum atomic E-state index is 9.10. The van der Waals surface area contributed by atoms with Gasteiger partial charge in [-0.05, 0) is 47.1 Å². The third-order valence-electron chi connectivity index (χ3n) is 1.81. The fourth-order valence-electron chi connectivity index (χ4n) is 1.06. The molecule has 1 heterocycles. The molecule has 0 saturated carbocycles. The normalized spacial score (nSPS) is 10.4. The molecule has 0 amide bonds. The lowest BCUT2D eigenvalue weighted by Gasteiger charge is -1.98. The second kappa shape index (κ2) is 3.42. The van der Waals surface area contributed by atoms with Crippen LogP contribution in [-0.2, 0) is 0 Å². The van der Waals surface area contributed by atoms with Crippen molar-refractivity contribution in [2.24, 2.45) is 0 Å². The Kier molecular flexibility index (Phi) is 2.25. The average molecular weight is 254 g/mol. The number of nitrogens with zero attached hydrogens (tertiary/aromatic N) is 3. The number of phenols is 1. The first-order valence-electron chi connectivity index (χ1n) is 4.05. The minimum atomic E-state index is 0.233. The molecule has 0 aliphatic rings. The number of phenolic OH excluding ortho intramolecular Hbond substituents is 1. The molecule has 4 nitrogen and oxygen atoms in total. The lowest BCUT2D eigenvalue weighted by molar-refractivity contribution is 0.475. The van der Waals surface area contributed by atoms with Gasteiger partial charge in [-0.25, -0.2) is 0 Å². The Bertz CT molecular complexity index is 430. The van der Waals surface area contributed by atoms with Gasteiger partial charge in [-0.3, -0.25) is 0 Å². The molecule has 2 aromatic rings. The topological polar surface area (TPSA) is 50.9 Å². The molecule has 0 radical (unpaired) electrons. The molecular weight excluding hydrogens is 246 g/mol. The van der Waals surface area contributed by atoms with Crippen molar-refractivity contribution in [1.29, 1.82) is 0 Å². The second-order valence-corrected chi connectivity index (χ2v) is 3.63. The quantitative estimate of drug-likeness (QED) is 0.847. The number of benzene rings is 1. The van der Waals surface area contributed by atoms with Crippen molar-refractivity contribution >= 4 is 15.9 Å². The van der Waals surface area contributed by atoms with Crippen LogP contribution in [0.2, 0.25) is 0 Å². The minimum absolute atomic E-state index is 0.233. The van der Waals surface area contributed by atoms with E-state index in [4.69, 9.17) is 5.11 Å². The highest BCUT2D eigenvalue weighted by atomic mass is 79.9. The van der Waals surface area contributed by atoms with Crippen LogP contribution in [0.3, 0.4) is 0 Å². The fourth-order valence-corrected chi connectivity index (χ4v) is 1.29. The molecule has 72 valence electrons. The molecule has 0 aliphatic carbocycles. The third kappa shape index (κ3) is 1.63. The number of rotatable bonds is 1. The van der Waals surface area contributed by atoms with Crippen molar-refractivity contribution < 1.29 is 5.11 Å². The molecular formula is C9H8BrN3O. The predicted molar refractivity (Wildman–Crippen MR) is 55.5 cm³/mol. The molecule has 14 heavy (non-hydrogen) atoms. The van der Waals surface area contributed by atoms with Crippen molar-refractivity contribution in [3.8, 4) is 11.4 Å². The van der Waals surface area contributed by atoms with Gasteiger partial charge >= 0.3 is 0 Å². The number of aromatic hydroxyl groups is 1. The van der Waals surface area contributed by atoms with Gasteiger partial charge in [0.15, 0.2) is 4.60 Å². The van der Waals surface area contributed by atoms with E-state index in [0.717, 1.165) is 16.0 Å². The number of aryl methyl sites for hydroxylation is 1. The Morgan fingerprint density at radius 3 is 2.36 bits per heavy atom. The number of halogens is 1. The summed E-state index contributed by atoms with van der Waals surface area (Å²) in [5, 5.41) is 17.4. The van der Waals surface area contributed by atoms with E-state index in [1.165, 1.54) is 4.80 Å². The van der Waals surface area contributed by atoms with E-state index in [1.54, 1.807) is 24.3 Å². The second-order valence-electron chi connectivity index (χ2n) is 2.88. The first-order chi connectivity index (χ1) is 6.66. The highest BCUT2D eigenvalue weighted by Crippen LogP contribution is 2.15. The van der Waals surface area contributed by atoms with Crippen LogP contribution in [0.5, 0.6) is 5.75 Å². The highest BCUT2D eigenvalue weighted by molar-refractivity contribution is 9.10. The zero-order valence-corrected chi connectivity index (χ0v) is 9.06. The van der Waals surface area contributed by atoms with E-state index in [2.05, 4.69) is 26.1 Å². The molecule has 0 fully saturated rings. The van der Waals surface area contributed by atoms with E-state index >= 15 is 0 Å². The predicted octanol–water partition coefficient (Wildman–Crippen LogP) is 2.04. The SMILES string of the molecule is Cc1nn(-c2ccc(O)cc2)nc1Br. The van der Waals surface area contributed by atoms with Crippen LogP contribution in [0.15, 0.2) is 28.9 Å². The van der Waals surface area contributed by atoms with E-state index < -0.39 is 0 Å². The monoisotopic (exact) mass is 253 g/mol. The maximum Gasteiger partial charge on any atom is 0.151 e. The van der Waals surface area contributed by atoms with Crippen molar-refractivity contribution in [1.82, 2.24) is 15.0 Å². The smallest absolute Gasteiger partial charge is 0.151 e. The van der Waals surface area contributed by atoms with Crippen molar-refractivity contribution in [3.63, 3.8) is 0 Å². The van der Waals surface area contributed by atoms with Gasteiger partial charge in [0.1, 0.15) is 5.75 Å². The first-order valence-corrected chi connectivity index (χ1v) is 4.85. The first kappa shape index (κ1) is 9.21. The van der Waals surface area contributed by atoms with Crippen LogP contribution < -0.4 is 0 Å². The highest BCUT2D eigenvalue weighted by Gasteiger charge is 2.04. The van der Waals surface area contributed by atoms with Gasteiger partial charge in [-0.2, -0.15) is 9.90 Å². The van der Waals surface area contributed by atoms with Crippen LogP contribution in [0, 0.1) is 6.92 Å². The van der Waals surface area contributed by atoms with Crippen molar-refractivity contribution in [2.45, 2.75) is 6.92 Å². The van der Waals surface area contributed by atoms with Crippen LogP contribution in [0.1, 0.15) is 5.69 Å². The summed E-state index contributed by atoms with van der Waals surface area (Å²) in [4.78, 5) is 1.51. The number of hydrogen-bond donors (Lipinski definition) is 1. The average Bonchev–Trinajstić information content (AvgIpc) is 2.48. The van der Waals surface area contributed by atoms with E-state index in [1.807, 2.05) is 6.92 Å². The van der Waals surface area contributed by atoms with E-state index in [-0.39, 0.29) is 5.75 Å². The Morgan fingerprint density at radius 2 is 1.86 bits per heavy atom. The zero-order valence-electron chi connectivity index (χ0n) is 7.48. The molecule has 0 bridgehead atoms. The summed E-state index contributed by atoms with van der Waals surface area (Å²) in [6, 6.07) is 6.70. The summed E-state index contributed by atoms with van der Waals surface area (Å²) in [7, 11) is 0. The Morgan fingerprint density at radius 1 is 1.21 bits per heavy atom. The molecule has 5 heteroatoms. The van der Waals surface area contributed by atoms with Crippen LogP contribution in [0.4, 0.5) is 0 Å². The largest absolute Gasteiger partial charge is 0.508 e. The maximum absolute atomic E-state index is 9.10. The van der Waals surface area contributed by atoms with E-state index in [0.29, 0.717) is 0 Å². The Balaban J connectivity index is 2.44. The molecule has 0 spiro atoms. The zero-order chi connectivity index (χ0) is 10.1. The number of aromatic nitrogens is 3. The molecule has 1 aromatic carbocycles. The molecule has 1 N–H and O–H groups in total. The molecule has 0 saturated heterocycles. The summed E-state index contributed by atoms with van der Waals surface area (Å²) in [5.41, 5.74) is 1.65. The molecule has 2 rings (SSSR count). The van der Waals surface area contributed by atoms with Gasteiger partial charge < -0.3 is 5.11 Å². The fraction of sp³-hybridized carbons (Fsp3) is 0.111. The van der Waals surface area contributed by atoms with Gasteiger partial charge in [0.05, 0.1) is 11.4 Å². The van der Waals surface area contributed by atoms with Crippen LogP contribution >= 0.6 is 15.9 Å². The van der Waals surface area contributed by atoms with Gasteiger partial charge in [0.2, 0.25) is 0 Å². The van der Waals surface area contributed by atoms with Gasteiger partial charge in [0.25, 0.3) is 0 Å². The summed E-state index contributed by atoms with van der Waals surface area (Å²) < 4.78 is 0.727. The summed E-state index contributed by atoms with van der Waals surface area (Å²) in [6.45, 7) is 1.87. The lowest BCUT2D eigenvalue weighted by Crippen LogP contribution is -1.97. The van der Waals surface area contributed by atoms with Gasteiger partial charge in [-0.1, -0.05) is 0 Å². The summed E-state index contributed by atoms with van der Waals surface area (Å²) >= 11 is 3.28. The van der Waals surface area contributed by atoms with Gasteiger partial charge in [0, 0.05) is 0 Å². The van der Waals surface area contributed by atoms with Crippen LogP contribution in [0.25, 0.3) is 5.69 Å². The molecule has 0 aliphatic heterocycles. The summed E-state index contributed by atoms with van der Waals surface area (Å²) in [5.74, 6) is 0.233. The summed E-state index contributed by atoms with van der Waals surface area (Å²) in [6.07, 6.45) is 0. The number of hydrogen-bond acceptors (Lipinski definition) is 3. The third-order valence-corrected chi connectivity index (χ3v) is 2.54. The van der Waals surface area contributed by atoms with Crippen molar-refractivity contribution in [3.05, 3.63) is 34.6 Å². The molecule has 1 aromatic heterocycles. The van der Waals surface area contributed by atoms with Crippen molar-refractivity contribution in [2.75, 3.05) is 0 Å². The Hall–Kier alpha value is -1.36. The molecule has 0 atom stereocenters. The lowest BCUT2D eigenvalue weighted by atomic mass is 10.3. The van der Waals surface area contributed by atoms with E-state index in [9.17, 15) is 0 Å². The standard InChI is InChI=1S/C9H8BrN3O/c1-6-9(10)12-13(11-6)7-2-4-8(14)5-3-7/h2-5,14H,1H3. The Labute approximate surface area is 89.3 Å². The van der Waals surface area contributed by atoms with Gasteiger partial charge in [-0.15, -0.1) is 5.10 Å². The molecule has 0 unspecified atom stereocenters. The van der Waals surface area contributed by atoms with Crippen LogP contribution in [-0.4, -0.2) is 20.1 Å².